The third kappa shape index (κ3) is 2.16. The summed E-state index contributed by atoms with van der Waals surface area (Å²) in [7, 11) is 0. The van der Waals surface area contributed by atoms with Gasteiger partial charge in [-0.05, 0) is 25.1 Å². The molecule has 0 saturated carbocycles. The first-order valence-corrected chi connectivity index (χ1v) is 6.37. The molecule has 1 amide bonds. The van der Waals surface area contributed by atoms with E-state index in [1.165, 1.54) is 6.92 Å². The Morgan fingerprint density at radius 3 is 3.10 bits per heavy atom. The van der Waals surface area contributed by atoms with Crippen molar-refractivity contribution in [3.8, 4) is 0 Å². The Labute approximate surface area is 116 Å². The number of amides is 1. The maximum atomic E-state index is 11.1. The Balaban J connectivity index is 1.96. The Morgan fingerprint density at radius 1 is 1.45 bits per heavy atom. The molecule has 3 heterocycles. The zero-order valence-corrected chi connectivity index (χ0v) is 11.3. The van der Waals surface area contributed by atoms with Gasteiger partial charge in [0.05, 0.1) is 11.4 Å². The van der Waals surface area contributed by atoms with E-state index in [0.29, 0.717) is 5.95 Å². The first-order valence-electron chi connectivity index (χ1n) is 6.37. The van der Waals surface area contributed by atoms with Crippen LogP contribution in [0.3, 0.4) is 0 Å². The van der Waals surface area contributed by atoms with Gasteiger partial charge >= 0.3 is 0 Å². The molecule has 1 unspecified atom stereocenters. The Hall–Kier alpha value is -2.63. The maximum absolute atomic E-state index is 11.1. The quantitative estimate of drug-likeness (QED) is 0.850. The van der Waals surface area contributed by atoms with Gasteiger partial charge in [-0.1, -0.05) is 6.08 Å². The summed E-state index contributed by atoms with van der Waals surface area (Å²) in [5, 5.41) is 5.99. The number of fused-ring (bicyclic) bond motifs is 1. The minimum Gasteiger partial charge on any atom is -0.364 e. The first kappa shape index (κ1) is 12.4. The molecular weight excluding hydrogens is 254 g/mol. The lowest BCUT2D eigenvalue weighted by atomic mass is 10.2. The fraction of sp³-hybridized carbons (Fsp3) is 0.214. The summed E-state index contributed by atoms with van der Waals surface area (Å²) in [6.07, 6.45) is 9.83. The van der Waals surface area contributed by atoms with E-state index in [2.05, 4.69) is 31.6 Å². The molecule has 0 spiro atoms. The predicted octanol–water partition coefficient (Wildman–Crippen LogP) is 1.44. The molecule has 0 aromatic carbocycles. The summed E-state index contributed by atoms with van der Waals surface area (Å²) in [5.74, 6) is 0.131. The Morgan fingerprint density at radius 2 is 2.30 bits per heavy atom. The van der Waals surface area contributed by atoms with Gasteiger partial charge in [0.25, 0.3) is 0 Å². The van der Waals surface area contributed by atoms with Gasteiger partial charge in [-0.25, -0.2) is 9.97 Å². The highest BCUT2D eigenvalue weighted by Crippen LogP contribution is 2.30. The zero-order chi connectivity index (χ0) is 14.1. The van der Waals surface area contributed by atoms with Gasteiger partial charge in [0.15, 0.2) is 0 Å². The number of nitrogens with zero attached hydrogens (tertiary/aromatic N) is 3. The molecule has 2 aliphatic heterocycles. The molecule has 2 aliphatic rings. The van der Waals surface area contributed by atoms with Crippen molar-refractivity contribution >= 4 is 17.6 Å². The first-order chi connectivity index (χ1) is 9.65. The molecule has 0 aliphatic carbocycles. The monoisotopic (exact) mass is 269 g/mol. The van der Waals surface area contributed by atoms with Crippen LogP contribution in [0.15, 0.2) is 42.4 Å². The molecule has 6 nitrogen and oxygen atoms in total. The van der Waals surface area contributed by atoms with Crippen LogP contribution in [0.1, 0.15) is 19.5 Å². The van der Waals surface area contributed by atoms with Gasteiger partial charge in [-0.15, -0.1) is 0 Å². The average molecular weight is 269 g/mol. The lowest BCUT2D eigenvalue weighted by Crippen LogP contribution is -2.32. The summed E-state index contributed by atoms with van der Waals surface area (Å²) in [6.45, 7) is 3.45. The lowest BCUT2D eigenvalue weighted by Gasteiger charge is -2.24. The number of rotatable bonds is 2. The zero-order valence-electron chi connectivity index (χ0n) is 11.3. The molecule has 0 radical (unpaired) electrons. The second-order valence-corrected chi connectivity index (χ2v) is 4.64. The minimum absolute atomic E-state index is 0.120. The summed E-state index contributed by atoms with van der Waals surface area (Å²) in [6, 6.07) is 1.83. The van der Waals surface area contributed by atoms with Crippen LogP contribution in [0, 0.1) is 0 Å². The summed E-state index contributed by atoms with van der Waals surface area (Å²) in [4.78, 5) is 21.6. The number of carbonyl (C=O) groups excluding carboxylic acids is 1. The number of nitrogens with one attached hydrogen (secondary N) is 2. The second-order valence-electron chi connectivity index (χ2n) is 4.64. The number of hydrogen-bond acceptors (Lipinski definition) is 5. The van der Waals surface area contributed by atoms with Crippen molar-refractivity contribution in [3.63, 3.8) is 0 Å². The topological polar surface area (TPSA) is 70.2 Å². The van der Waals surface area contributed by atoms with E-state index in [4.69, 9.17) is 0 Å². The van der Waals surface area contributed by atoms with Gasteiger partial charge in [-0.2, -0.15) is 0 Å². The molecular formula is C14H15N5O. The van der Waals surface area contributed by atoms with E-state index in [1.54, 1.807) is 6.20 Å². The standard InChI is InChI=1S/C14H15N5O/c1-9-13(19-8-4-3-5-12(19)16-9)11-6-7-15-14(18-11)17-10(2)20/h3-8,12,16H,1-2H3,(H,15,17,18,20). The molecule has 2 N–H and O–H groups in total. The van der Waals surface area contributed by atoms with E-state index < -0.39 is 0 Å². The van der Waals surface area contributed by atoms with Crippen molar-refractivity contribution in [1.82, 2.24) is 20.2 Å². The molecule has 6 heteroatoms. The summed E-state index contributed by atoms with van der Waals surface area (Å²) < 4.78 is 0. The molecule has 102 valence electrons. The van der Waals surface area contributed by atoms with Crippen molar-refractivity contribution in [2.45, 2.75) is 20.0 Å². The third-order valence-electron chi connectivity index (χ3n) is 3.11. The minimum atomic E-state index is -0.184. The molecule has 3 rings (SSSR count). The van der Waals surface area contributed by atoms with Crippen molar-refractivity contribution in [2.24, 2.45) is 0 Å². The molecule has 0 bridgehead atoms. The highest BCUT2D eigenvalue weighted by Gasteiger charge is 2.28. The van der Waals surface area contributed by atoms with Crippen molar-refractivity contribution in [3.05, 3.63) is 48.1 Å². The van der Waals surface area contributed by atoms with Gasteiger partial charge in [0.1, 0.15) is 6.17 Å². The predicted molar refractivity (Wildman–Crippen MR) is 76.0 cm³/mol. The van der Waals surface area contributed by atoms with Crippen molar-refractivity contribution in [2.75, 3.05) is 5.32 Å². The van der Waals surface area contributed by atoms with Crippen LogP contribution in [0.2, 0.25) is 0 Å². The van der Waals surface area contributed by atoms with Gasteiger partial charge in [-0.3, -0.25) is 10.1 Å². The fourth-order valence-electron chi connectivity index (χ4n) is 2.34. The summed E-state index contributed by atoms with van der Waals surface area (Å²) in [5.41, 5.74) is 2.81. The fourth-order valence-corrected chi connectivity index (χ4v) is 2.34. The largest absolute Gasteiger partial charge is 0.364 e. The number of aromatic nitrogens is 2. The Kier molecular flexibility index (Phi) is 2.98. The number of anilines is 1. The molecule has 0 saturated heterocycles. The lowest BCUT2D eigenvalue weighted by molar-refractivity contribution is -0.114. The van der Waals surface area contributed by atoms with Crippen LogP contribution in [0.5, 0.6) is 0 Å². The van der Waals surface area contributed by atoms with Crippen molar-refractivity contribution in [1.29, 1.82) is 0 Å². The van der Waals surface area contributed by atoms with Crippen molar-refractivity contribution < 1.29 is 4.79 Å². The molecule has 1 aromatic heterocycles. The van der Waals surface area contributed by atoms with Gasteiger partial charge in [0, 0.05) is 25.0 Å². The number of allylic oxidation sites excluding steroid dienone is 3. The normalized spacial score (nSPS) is 19.9. The second kappa shape index (κ2) is 4.80. The molecule has 1 aromatic rings. The van der Waals surface area contributed by atoms with Crippen LogP contribution in [-0.2, 0) is 4.79 Å². The van der Waals surface area contributed by atoms with Crippen LogP contribution in [0.25, 0.3) is 5.70 Å². The van der Waals surface area contributed by atoms with Crippen LogP contribution < -0.4 is 10.6 Å². The van der Waals surface area contributed by atoms with E-state index in [9.17, 15) is 4.79 Å². The molecule has 0 fully saturated rings. The van der Waals surface area contributed by atoms with Crippen LogP contribution in [0.4, 0.5) is 5.95 Å². The average Bonchev–Trinajstić information content (AvgIpc) is 2.74. The SMILES string of the molecule is CC(=O)Nc1nccc(C2=C(C)NC3C=CC=CN23)n1. The summed E-state index contributed by atoms with van der Waals surface area (Å²) >= 11 is 0. The number of hydrogen-bond donors (Lipinski definition) is 2. The van der Waals surface area contributed by atoms with Crippen LogP contribution >= 0.6 is 0 Å². The van der Waals surface area contributed by atoms with Gasteiger partial charge in [0.2, 0.25) is 11.9 Å². The van der Waals surface area contributed by atoms with E-state index in [-0.39, 0.29) is 12.1 Å². The molecule has 20 heavy (non-hydrogen) atoms. The van der Waals surface area contributed by atoms with E-state index >= 15 is 0 Å². The van der Waals surface area contributed by atoms with E-state index in [1.807, 2.05) is 31.3 Å². The third-order valence-corrected chi connectivity index (χ3v) is 3.11. The molecule has 1 atom stereocenters. The van der Waals surface area contributed by atoms with E-state index in [0.717, 1.165) is 17.1 Å². The maximum Gasteiger partial charge on any atom is 0.229 e. The highest BCUT2D eigenvalue weighted by atomic mass is 16.1. The Bertz CT molecular complexity index is 647. The number of carbonyl (C=O) groups is 1. The smallest absolute Gasteiger partial charge is 0.229 e. The van der Waals surface area contributed by atoms with Gasteiger partial charge < -0.3 is 10.2 Å². The highest BCUT2D eigenvalue weighted by molar-refractivity contribution is 5.86. The van der Waals surface area contributed by atoms with Crippen LogP contribution in [-0.4, -0.2) is 26.9 Å².